The molecule has 7 heteroatoms. The molecule has 0 saturated carbocycles. The maximum atomic E-state index is 13.9. The van der Waals surface area contributed by atoms with Gasteiger partial charge in [-0.2, -0.15) is 5.43 Å². The third-order valence-corrected chi connectivity index (χ3v) is 6.91. The summed E-state index contributed by atoms with van der Waals surface area (Å²) in [7, 11) is 0. The van der Waals surface area contributed by atoms with Gasteiger partial charge in [-0.15, -0.1) is 0 Å². The zero-order valence-corrected chi connectivity index (χ0v) is 17.5. The lowest BCUT2D eigenvalue weighted by molar-refractivity contribution is -0.990. The van der Waals surface area contributed by atoms with Crippen molar-refractivity contribution in [3.05, 3.63) is 5.21 Å². The molecule has 0 aromatic carbocycles. The predicted octanol–water partition coefficient (Wildman–Crippen LogP) is 2.41. The summed E-state index contributed by atoms with van der Waals surface area (Å²) < 4.78 is 4.76. The van der Waals surface area contributed by atoms with Gasteiger partial charge in [0.05, 0.1) is 24.7 Å². The minimum atomic E-state index is -0.736. The first-order chi connectivity index (χ1) is 11.6. The number of nitrogens with one attached hydrogen (secondary N) is 3. The largest absolute Gasteiger partial charge is 0.605 e. The third kappa shape index (κ3) is 3.03. The molecule has 3 N–H and O–H groups in total. The molecule has 3 aliphatic heterocycles. The van der Waals surface area contributed by atoms with Crippen LogP contribution in [0.4, 0.5) is 4.79 Å². The lowest BCUT2D eigenvalue weighted by atomic mass is 9.84. The van der Waals surface area contributed by atoms with Crippen molar-refractivity contribution in [2.45, 2.75) is 103 Å². The third-order valence-electron chi connectivity index (χ3n) is 6.91. The number of rotatable bonds is 3. The summed E-state index contributed by atoms with van der Waals surface area (Å²) in [5.74, 6) is 0.138. The average molecular weight is 369 g/mol. The van der Waals surface area contributed by atoms with E-state index in [-0.39, 0.29) is 29.1 Å². The highest BCUT2D eigenvalue weighted by molar-refractivity contribution is 5.73. The Bertz CT molecular complexity index is 598. The monoisotopic (exact) mass is 368 g/mol. The van der Waals surface area contributed by atoms with Gasteiger partial charge in [0.2, 0.25) is 0 Å². The van der Waals surface area contributed by atoms with Crippen LogP contribution in [-0.4, -0.2) is 51.7 Å². The predicted molar refractivity (Wildman–Crippen MR) is 101 cm³/mol. The SMILES string of the molecule is CC1(C)CC(NC(=O)N[N+]2([O-])C(C)(C)CC(C3CO3)C2(C)C)C(C)(C)N1. The second-order valence-corrected chi connectivity index (χ2v) is 10.8. The second-order valence-electron chi connectivity index (χ2n) is 10.8. The van der Waals surface area contributed by atoms with Crippen molar-refractivity contribution in [1.29, 1.82) is 0 Å². The molecule has 3 rings (SSSR count). The molecule has 0 aliphatic carbocycles. The van der Waals surface area contributed by atoms with E-state index in [0.717, 1.165) is 12.8 Å². The van der Waals surface area contributed by atoms with E-state index in [1.165, 1.54) is 0 Å². The Hall–Kier alpha value is -0.890. The van der Waals surface area contributed by atoms with Gasteiger partial charge in [-0.3, -0.25) is 0 Å². The van der Waals surface area contributed by atoms with Crippen LogP contribution in [0.1, 0.15) is 68.2 Å². The van der Waals surface area contributed by atoms with E-state index in [2.05, 4.69) is 43.8 Å². The van der Waals surface area contributed by atoms with Gasteiger partial charge >= 0.3 is 6.03 Å². The highest BCUT2D eigenvalue weighted by Crippen LogP contribution is 2.53. The van der Waals surface area contributed by atoms with Crippen molar-refractivity contribution in [2.24, 2.45) is 5.92 Å². The summed E-state index contributed by atoms with van der Waals surface area (Å²) in [5.41, 5.74) is 1.25. The molecule has 0 aromatic rings. The van der Waals surface area contributed by atoms with Crippen LogP contribution in [0.5, 0.6) is 0 Å². The molecule has 0 bridgehead atoms. The molecule has 3 fully saturated rings. The average Bonchev–Trinajstić information content (AvgIpc) is 3.20. The number of carbonyl (C=O) groups is 1. The van der Waals surface area contributed by atoms with Gasteiger partial charge in [-0.25, -0.2) is 9.55 Å². The minimum absolute atomic E-state index is 0.0412. The normalized spacial score (nSPS) is 41.7. The fraction of sp³-hybridized carbons (Fsp3) is 0.947. The molecule has 7 nitrogen and oxygen atoms in total. The summed E-state index contributed by atoms with van der Waals surface area (Å²) in [6.07, 6.45) is 1.69. The zero-order chi connectivity index (χ0) is 19.8. The number of amides is 2. The Morgan fingerprint density at radius 1 is 1.12 bits per heavy atom. The van der Waals surface area contributed by atoms with Crippen molar-refractivity contribution in [2.75, 3.05) is 6.61 Å². The molecule has 4 atom stereocenters. The number of hydrogen-bond acceptors (Lipinski definition) is 4. The molecule has 3 heterocycles. The molecule has 3 aliphatic rings. The number of hydroxylamine groups is 2. The van der Waals surface area contributed by atoms with Crippen molar-refractivity contribution >= 4 is 6.03 Å². The number of nitrogens with zero attached hydrogens (tertiary/aromatic N) is 1. The van der Waals surface area contributed by atoms with Gasteiger partial charge in [-0.1, -0.05) is 0 Å². The minimum Gasteiger partial charge on any atom is -0.605 e. The van der Waals surface area contributed by atoms with Crippen LogP contribution in [0.25, 0.3) is 0 Å². The fourth-order valence-electron chi connectivity index (χ4n) is 5.44. The Balaban J connectivity index is 1.75. The van der Waals surface area contributed by atoms with Crippen LogP contribution >= 0.6 is 0 Å². The first kappa shape index (κ1) is 19.9. The van der Waals surface area contributed by atoms with Crippen LogP contribution in [0.15, 0.2) is 0 Å². The zero-order valence-electron chi connectivity index (χ0n) is 17.5. The van der Waals surface area contributed by atoms with Gasteiger partial charge in [0.1, 0.15) is 11.1 Å². The molecule has 0 radical (unpaired) electrons. The lowest BCUT2D eigenvalue weighted by Gasteiger charge is -2.55. The van der Waals surface area contributed by atoms with E-state index in [1.807, 2.05) is 27.7 Å². The summed E-state index contributed by atoms with van der Waals surface area (Å²) in [6, 6.07) is -0.434. The van der Waals surface area contributed by atoms with E-state index >= 15 is 0 Å². The number of epoxide rings is 1. The summed E-state index contributed by atoms with van der Waals surface area (Å²) in [5, 5.41) is 20.5. The Morgan fingerprint density at radius 2 is 1.69 bits per heavy atom. The molecule has 150 valence electrons. The number of urea groups is 1. The maximum Gasteiger partial charge on any atom is 0.359 e. The molecule has 2 amide bonds. The van der Waals surface area contributed by atoms with E-state index in [1.54, 1.807) is 0 Å². The number of quaternary nitrogens is 1. The Kier molecular flexibility index (Phi) is 4.25. The Morgan fingerprint density at radius 3 is 2.15 bits per heavy atom. The molecular weight excluding hydrogens is 332 g/mol. The number of hydrogen-bond donors (Lipinski definition) is 3. The highest BCUT2D eigenvalue weighted by atomic mass is 16.6. The standard InChI is InChI=1S/C19H36N4O3/c1-16(2)10-14(18(5,6)22-16)20-15(24)21-23(25)17(3,4)9-12(13-11-26-13)19(23,7)8/h12-14,22H,9-11H2,1-8H3,(H2,20,21,24). The topological polar surface area (TPSA) is 88.8 Å². The van der Waals surface area contributed by atoms with Gasteiger partial charge in [0.25, 0.3) is 0 Å². The summed E-state index contributed by atoms with van der Waals surface area (Å²) >= 11 is 0. The Labute approximate surface area is 157 Å². The van der Waals surface area contributed by atoms with Crippen molar-refractivity contribution in [3.63, 3.8) is 0 Å². The fourth-order valence-corrected chi connectivity index (χ4v) is 5.44. The summed E-state index contributed by atoms with van der Waals surface area (Å²) in [6.45, 7) is 16.9. The van der Waals surface area contributed by atoms with Crippen molar-refractivity contribution in [1.82, 2.24) is 16.1 Å². The second kappa shape index (κ2) is 5.56. The molecule has 4 unspecified atom stereocenters. The number of carbonyl (C=O) groups excluding carboxylic acids is 1. The van der Waals surface area contributed by atoms with Gasteiger partial charge < -0.3 is 20.6 Å². The van der Waals surface area contributed by atoms with Crippen molar-refractivity contribution < 1.29 is 14.3 Å². The quantitative estimate of drug-likeness (QED) is 0.405. The molecule has 0 aromatic heterocycles. The smallest absolute Gasteiger partial charge is 0.359 e. The molecule has 3 saturated heterocycles. The van der Waals surface area contributed by atoms with Gasteiger partial charge in [-0.05, 0) is 61.8 Å². The lowest BCUT2D eigenvalue weighted by Crippen LogP contribution is -2.73. The summed E-state index contributed by atoms with van der Waals surface area (Å²) in [4.78, 5) is 12.8. The van der Waals surface area contributed by atoms with Gasteiger partial charge in [0.15, 0.2) is 0 Å². The van der Waals surface area contributed by atoms with Crippen LogP contribution < -0.4 is 16.1 Å². The molecule has 0 spiro atoms. The van der Waals surface area contributed by atoms with E-state index in [9.17, 15) is 10.0 Å². The molecule has 26 heavy (non-hydrogen) atoms. The van der Waals surface area contributed by atoms with Crippen LogP contribution in [-0.2, 0) is 4.74 Å². The van der Waals surface area contributed by atoms with E-state index in [4.69, 9.17) is 4.74 Å². The highest BCUT2D eigenvalue weighted by Gasteiger charge is 2.65. The van der Waals surface area contributed by atoms with Crippen LogP contribution in [0.2, 0.25) is 0 Å². The van der Waals surface area contributed by atoms with Gasteiger partial charge in [0, 0.05) is 17.5 Å². The maximum absolute atomic E-state index is 13.9. The first-order valence-corrected chi connectivity index (χ1v) is 9.71. The van der Waals surface area contributed by atoms with E-state index < -0.39 is 21.9 Å². The van der Waals surface area contributed by atoms with Crippen molar-refractivity contribution in [3.8, 4) is 0 Å². The van der Waals surface area contributed by atoms with E-state index in [0.29, 0.717) is 6.61 Å². The molecular formula is C19H36N4O3. The van der Waals surface area contributed by atoms with Crippen LogP contribution in [0.3, 0.4) is 0 Å². The number of ether oxygens (including phenoxy) is 1. The first-order valence-electron chi connectivity index (χ1n) is 9.71. The van der Waals surface area contributed by atoms with Crippen LogP contribution in [0, 0.1) is 11.1 Å².